The Morgan fingerprint density at radius 1 is 1.53 bits per heavy atom. The fraction of sp³-hybridized carbons (Fsp3) is 0.417. The molecule has 17 heavy (non-hydrogen) atoms. The Morgan fingerprint density at radius 3 is 2.94 bits per heavy atom. The molecule has 2 aromatic rings. The van der Waals surface area contributed by atoms with Gasteiger partial charge >= 0.3 is 0 Å². The van der Waals surface area contributed by atoms with E-state index in [2.05, 4.69) is 16.5 Å². The van der Waals surface area contributed by atoms with E-state index in [0.29, 0.717) is 16.4 Å². The first-order valence-corrected chi connectivity index (χ1v) is 6.34. The number of fused-ring (bicyclic) bond motifs is 1. The highest BCUT2D eigenvalue weighted by Crippen LogP contribution is 2.24. The molecule has 0 bridgehead atoms. The van der Waals surface area contributed by atoms with Crippen LogP contribution in [0.5, 0.6) is 0 Å². The summed E-state index contributed by atoms with van der Waals surface area (Å²) in [6.45, 7) is 2.78. The topological polar surface area (TPSA) is 29.9 Å². The summed E-state index contributed by atoms with van der Waals surface area (Å²) in [4.78, 5) is 3.18. The van der Waals surface area contributed by atoms with Gasteiger partial charge in [0.05, 0.1) is 23.7 Å². The van der Waals surface area contributed by atoms with Gasteiger partial charge in [0.2, 0.25) is 0 Å². The summed E-state index contributed by atoms with van der Waals surface area (Å²) < 4.78 is 8.05. The first-order valence-electron chi connectivity index (χ1n) is 5.56. The second-order valence-corrected chi connectivity index (χ2v) is 4.80. The van der Waals surface area contributed by atoms with E-state index in [4.69, 9.17) is 28.6 Å². The molecule has 0 aliphatic heterocycles. The lowest BCUT2D eigenvalue weighted by molar-refractivity contribution is 0.154. The molecule has 1 aromatic carbocycles. The molecule has 1 atom stereocenters. The third kappa shape index (κ3) is 2.39. The molecule has 92 valence electrons. The highest BCUT2D eigenvalue weighted by molar-refractivity contribution is 7.71. The Bertz CT molecular complexity index is 575. The molecule has 0 fully saturated rings. The number of aromatic amines is 1. The minimum Gasteiger partial charge on any atom is -0.383 e. The normalized spacial score (nSPS) is 13.1. The van der Waals surface area contributed by atoms with E-state index in [1.165, 1.54) is 0 Å². The summed E-state index contributed by atoms with van der Waals surface area (Å²) in [5.74, 6) is 0. The number of methoxy groups -OCH3 is 1. The van der Waals surface area contributed by atoms with E-state index < -0.39 is 0 Å². The summed E-state index contributed by atoms with van der Waals surface area (Å²) in [7, 11) is 1.71. The number of hydrogen-bond donors (Lipinski definition) is 1. The standard InChI is InChI=1S/C12H15ClN2OS/c1-3-9(7-16-2)15-11-5-4-8(13)6-10(11)14-12(15)17/h4-6,9H,3,7H2,1-2H3,(H,14,17). The van der Waals surface area contributed by atoms with Crippen molar-refractivity contribution in [3.05, 3.63) is 28.0 Å². The molecule has 0 saturated heterocycles. The van der Waals surface area contributed by atoms with Crippen LogP contribution < -0.4 is 0 Å². The summed E-state index contributed by atoms with van der Waals surface area (Å²) in [6.07, 6.45) is 0.970. The molecule has 3 nitrogen and oxygen atoms in total. The third-order valence-corrected chi connectivity index (χ3v) is 3.41. The highest BCUT2D eigenvalue weighted by atomic mass is 35.5. The fourth-order valence-electron chi connectivity index (χ4n) is 2.03. The molecule has 1 aromatic heterocycles. The molecule has 2 rings (SSSR count). The average Bonchev–Trinajstić information content (AvgIpc) is 2.61. The Labute approximate surface area is 110 Å². The van der Waals surface area contributed by atoms with Crippen LogP contribution >= 0.6 is 23.8 Å². The number of aromatic nitrogens is 2. The number of rotatable bonds is 4. The minimum atomic E-state index is 0.252. The Kier molecular flexibility index (Phi) is 3.86. The molecule has 0 amide bonds. The van der Waals surface area contributed by atoms with Gasteiger partial charge in [-0.15, -0.1) is 0 Å². The van der Waals surface area contributed by atoms with E-state index in [0.717, 1.165) is 17.5 Å². The molecule has 1 unspecified atom stereocenters. The quantitative estimate of drug-likeness (QED) is 0.853. The van der Waals surface area contributed by atoms with Crippen LogP contribution in [0.2, 0.25) is 5.02 Å². The monoisotopic (exact) mass is 270 g/mol. The van der Waals surface area contributed by atoms with Gasteiger partial charge in [0.1, 0.15) is 0 Å². The van der Waals surface area contributed by atoms with Crippen molar-refractivity contribution in [2.75, 3.05) is 13.7 Å². The molecular formula is C12H15ClN2OS. The van der Waals surface area contributed by atoms with E-state index in [9.17, 15) is 0 Å². The second kappa shape index (κ2) is 5.21. The van der Waals surface area contributed by atoms with E-state index >= 15 is 0 Å². The third-order valence-electron chi connectivity index (χ3n) is 2.87. The first-order chi connectivity index (χ1) is 8.17. The molecule has 0 spiro atoms. The maximum absolute atomic E-state index is 5.97. The van der Waals surface area contributed by atoms with Gasteiger partial charge in [0.25, 0.3) is 0 Å². The van der Waals surface area contributed by atoms with Crippen molar-refractivity contribution < 1.29 is 4.74 Å². The molecule has 1 heterocycles. The van der Waals surface area contributed by atoms with Gasteiger partial charge in [-0.1, -0.05) is 18.5 Å². The summed E-state index contributed by atoms with van der Waals surface area (Å²) in [5, 5.41) is 0.709. The first kappa shape index (κ1) is 12.6. The summed E-state index contributed by atoms with van der Waals surface area (Å²) in [5.41, 5.74) is 2.04. The van der Waals surface area contributed by atoms with E-state index in [-0.39, 0.29) is 6.04 Å². The number of hydrogen-bond acceptors (Lipinski definition) is 2. The maximum Gasteiger partial charge on any atom is 0.178 e. The minimum absolute atomic E-state index is 0.252. The summed E-state index contributed by atoms with van der Waals surface area (Å²) >= 11 is 11.3. The van der Waals surface area contributed by atoms with Crippen molar-refractivity contribution in [1.29, 1.82) is 0 Å². The smallest absolute Gasteiger partial charge is 0.178 e. The predicted octanol–water partition coefficient (Wildman–Crippen LogP) is 3.95. The number of H-pyrrole nitrogens is 1. The van der Waals surface area contributed by atoms with Crippen molar-refractivity contribution >= 4 is 34.9 Å². The number of halogens is 1. The van der Waals surface area contributed by atoms with Crippen LogP contribution in [0.1, 0.15) is 19.4 Å². The fourth-order valence-corrected chi connectivity index (χ4v) is 2.56. The van der Waals surface area contributed by atoms with Crippen LogP contribution in [0.25, 0.3) is 11.0 Å². The lowest BCUT2D eigenvalue weighted by Crippen LogP contribution is -2.13. The molecule has 0 saturated carbocycles. The number of nitrogens with zero attached hydrogens (tertiary/aromatic N) is 1. The van der Waals surface area contributed by atoms with Crippen LogP contribution in [0, 0.1) is 4.77 Å². The lowest BCUT2D eigenvalue weighted by Gasteiger charge is -2.16. The Hall–Kier alpha value is -0.840. The van der Waals surface area contributed by atoms with Crippen LogP contribution in [-0.4, -0.2) is 23.3 Å². The van der Waals surface area contributed by atoms with Crippen LogP contribution in [0.4, 0.5) is 0 Å². The number of nitrogens with one attached hydrogen (secondary N) is 1. The zero-order valence-corrected chi connectivity index (χ0v) is 11.4. The number of ether oxygens (including phenoxy) is 1. The Balaban J connectivity index is 2.59. The molecule has 0 radical (unpaired) electrons. The Morgan fingerprint density at radius 2 is 2.29 bits per heavy atom. The van der Waals surface area contributed by atoms with Gasteiger partial charge in [-0.2, -0.15) is 0 Å². The van der Waals surface area contributed by atoms with Gasteiger partial charge in [-0.05, 0) is 36.8 Å². The molecule has 0 aliphatic carbocycles. The molecule has 5 heteroatoms. The highest BCUT2D eigenvalue weighted by Gasteiger charge is 2.13. The van der Waals surface area contributed by atoms with Gasteiger partial charge in [-0.3, -0.25) is 0 Å². The number of benzene rings is 1. The van der Waals surface area contributed by atoms with Crippen LogP contribution in [0.3, 0.4) is 0 Å². The average molecular weight is 271 g/mol. The zero-order valence-electron chi connectivity index (χ0n) is 9.87. The van der Waals surface area contributed by atoms with Crippen molar-refractivity contribution in [2.45, 2.75) is 19.4 Å². The van der Waals surface area contributed by atoms with Gasteiger partial charge in [0.15, 0.2) is 4.77 Å². The molecule has 1 N–H and O–H groups in total. The SMILES string of the molecule is CCC(COC)n1c(=S)[nH]c2cc(Cl)ccc21. The van der Waals surface area contributed by atoms with Crippen molar-refractivity contribution in [3.63, 3.8) is 0 Å². The molecular weight excluding hydrogens is 256 g/mol. The van der Waals surface area contributed by atoms with E-state index in [1.807, 2.05) is 18.2 Å². The second-order valence-electron chi connectivity index (χ2n) is 3.98. The number of imidazole rings is 1. The van der Waals surface area contributed by atoms with Crippen molar-refractivity contribution in [2.24, 2.45) is 0 Å². The van der Waals surface area contributed by atoms with Crippen molar-refractivity contribution in [1.82, 2.24) is 9.55 Å². The maximum atomic E-state index is 5.97. The molecule has 0 aliphatic rings. The van der Waals surface area contributed by atoms with Gasteiger partial charge in [-0.25, -0.2) is 0 Å². The lowest BCUT2D eigenvalue weighted by atomic mass is 10.2. The summed E-state index contributed by atoms with van der Waals surface area (Å²) in [6, 6.07) is 6.01. The van der Waals surface area contributed by atoms with Crippen molar-refractivity contribution in [3.8, 4) is 0 Å². The predicted molar refractivity (Wildman–Crippen MR) is 73.3 cm³/mol. The van der Waals surface area contributed by atoms with Crippen LogP contribution in [0.15, 0.2) is 18.2 Å². The van der Waals surface area contributed by atoms with Crippen LogP contribution in [-0.2, 0) is 4.74 Å². The van der Waals surface area contributed by atoms with E-state index in [1.54, 1.807) is 7.11 Å². The zero-order chi connectivity index (χ0) is 12.4. The van der Waals surface area contributed by atoms with Gasteiger partial charge < -0.3 is 14.3 Å². The largest absolute Gasteiger partial charge is 0.383 e. The van der Waals surface area contributed by atoms with Gasteiger partial charge in [0, 0.05) is 12.1 Å².